The molecule has 7 unspecified atom stereocenters. The van der Waals surface area contributed by atoms with E-state index >= 15 is 0 Å². The lowest BCUT2D eigenvalue weighted by Gasteiger charge is -2.40. The van der Waals surface area contributed by atoms with Crippen molar-refractivity contribution in [2.45, 2.75) is 397 Å². The first-order valence-electron chi connectivity index (χ1n) is 35.2. The van der Waals surface area contributed by atoms with Crippen molar-refractivity contribution >= 4 is 5.91 Å². The number of carbonyl (C=O) groups is 1. The first-order chi connectivity index (χ1) is 39.3. The maximum Gasteiger partial charge on any atom is 0.220 e. The molecular formula is C71H135NO8. The molecule has 0 aromatic rings. The van der Waals surface area contributed by atoms with Crippen molar-refractivity contribution in [2.24, 2.45) is 0 Å². The summed E-state index contributed by atoms with van der Waals surface area (Å²) in [5.41, 5.74) is 0. The average molecular weight is 1130 g/mol. The molecule has 0 radical (unpaired) electrons. The molecule has 1 fully saturated rings. The average Bonchev–Trinajstić information content (AvgIpc) is 3.46. The first kappa shape index (κ1) is 76.4. The van der Waals surface area contributed by atoms with E-state index in [1.54, 1.807) is 6.08 Å². The largest absolute Gasteiger partial charge is 0.394 e. The summed E-state index contributed by atoms with van der Waals surface area (Å²) in [6.07, 6.45) is 74.2. The Morgan fingerprint density at radius 3 is 1.05 bits per heavy atom. The molecule has 0 bridgehead atoms. The normalized spacial score (nSPS) is 18.6. The molecule has 0 aromatic heterocycles. The van der Waals surface area contributed by atoms with E-state index in [4.69, 9.17) is 9.47 Å². The second-order valence-corrected chi connectivity index (χ2v) is 24.7. The van der Waals surface area contributed by atoms with E-state index in [2.05, 4.69) is 43.5 Å². The molecule has 0 saturated carbocycles. The van der Waals surface area contributed by atoms with Crippen molar-refractivity contribution in [1.82, 2.24) is 5.32 Å². The number of ether oxygens (including phenoxy) is 2. The summed E-state index contributed by atoms with van der Waals surface area (Å²) in [5.74, 6) is -0.184. The van der Waals surface area contributed by atoms with Crippen LogP contribution in [0.5, 0.6) is 0 Å². The fraction of sp³-hybridized carbons (Fsp3) is 0.901. The zero-order chi connectivity index (χ0) is 57.9. The summed E-state index contributed by atoms with van der Waals surface area (Å²) in [6.45, 7) is 3.80. The van der Waals surface area contributed by atoms with E-state index in [1.807, 2.05) is 6.08 Å². The van der Waals surface area contributed by atoms with Crippen molar-refractivity contribution in [1.29, 1.82) is 0 Å². The number of amides is 1. The molecule has 472 valence electrons. The number of hydrogen-bond donors (Lipinski definition) is 6. The number of hydrogen-bond acceptors (Lipinski definition) is 8. The van der Waals surface area contributed by atoms with E-state index < -0.39 is 49.5 Å². The van der Waals surface area contributed by atoms with Crippen molar-refractivity contribution in [3.05, 3.63) is 36.5 Å². The lowest BCUT2D eigenvalue weighted by Crippen LogP contribution is -2.60. The topological polar surface area (TPSA) is 149 Å². The van der Waals surface area contributed by atoms with Gasteiger partial charge in [0.15, 0.2) is 6.29 Å². The van der Waals surface area contributed by atoms with Crippen molar-refractivity contribution in [3.8, 4) is 0 Å². The fourth-order valence-corrected chi connectivity index (χ4v) is 11.4. The third-order valence-electron chi connectivity index (χ3n) is 16.9. The highest BCUT2D eigenvalue weighted by Crippen LogP contribution is 2.23. The second kappa shape index (κ2) is 60.5. The highest BCUT2D eigenvalue weighted by molar-refractivity contribution is 5.76. The fourth-order valence-electron chi connectivity index (χ4n) is 11.4. The van der Waals surface area contributed by atoms with Crippen LogP contribution in [0.1, 0.15) is 354 Å². The van der Waals surface area contributed by atoms with Gasteiger partial charge in [-0.15, -0.1) is 0 Å². The number of aliphatic hydroxyl groups is 5. The highest BCUT2D eigenvalue weighted by Gasteiger charge is 2.44. The number of rotatable bonds is 62. The van der Waals surface area contributed by atoms with Gasteiger partial charge in [0.05, 0.1) is 25.4 Å². The molecule has 0 aromatic carbocycles. The van der Waals surface area contributed by atoms with Gasteiger partial charge in [0.25, 0.3) is 0 Å². The molecule has 1 rings (SSSR count). The Hall–Kier alpha value is -1.59. The van der Waals surface area contributed by atoms with Gasteiger partial charge in [0.2, 0.25) is 5.91 Å². The minimum atomic E-state index is -1.57. The molecular weight excluding hydrogens is 995 g/mol. The van der Waals surface area contributed by atoms with Crippen LogP contribution in [0, 0.1) is 0 Å². The van der Waals surface area contributed by atoms with Gasteiger partial charge < -0.3 is 40.3 Å². The molecule has 1 aliphatic heterocycles. The lowest BCUT2D eigenvalue weighted by molar-refractivity contribution is -0.302. The number of carbonyl (C=O) groups excluding carboxylic acids is 1. The number of aliphatic hydroxyl groups excluding tert-OH is 5. The Kier molecular flexibility index (Phi) is 57.8. The summed E-state index contributed by atoms with van der Waals surface area (Å²) < 4.78 is 11.3. The summed E-state index contributed by atoms with van der Waals surface area (Å²) in [5, 5.41) is 54.6. The standard InChI is InChI=1S/C71H135NO8/c1-3-5-7-9-11-13-15-17-19-21-23-25-26-27-28-29-30-31-32-33-34-35-36-37-38-39-40-41-43-45-47-49-51-53-55-57-59-61-67(75)72-64(63-79-71-70(78)69(77)68(76)66(62-73)80-71)65(74)60-58-56-54-52-50-48-46-44-42-24-22-20-18-16-14-12-10-8-6-4-2/h42,44,50,52,58,60,64-66,68-71,73-74,76-78H,3-41,43,45-49,51,53-57,59,61-63H2,1-2H3,(H,72,75)/b44-42+,52-50+,60-58+. The quantitative estimate of drug-likeness (QED) is 0.0261. The zero-order valence-electron chi connectivity index (χ0n) is 52.9. The molecule has 9 nitrogen and oxygen atoms in total. The molecule has 1 saturated heterocycles. The van der Waals surface area contributed by atoms with Gasteiger partial charge in [-0.1, -0.05) is 339 Å². The van der Waals surface area contributed by atoms with Crippen molar-refractivity contribution in [2.75, 3.05) is 13.2 Å². The van der Waals surface area contributed by atoms with E-state index in [0.717, 1.165) is 44.9 Å². The van der Waals surface area contributed by atoms with Crippen LogP contribution in [0.2, 0.25) is 0 Å². The summed E-state index contributed by atoms with van der Waals surface area (Å²) in [6, 6.07) is -0.827. The SMILES string of the molecule is CCCCCCCCCCCC/C=C/CC/C=C/CC/C=C/C(O)C(COC1OC(CO)C(O)C(O)C1O)NC(=O)CCCCCCCCCCCCCCCCCCCCCCCCCCCCCCCCCCCCCCC. The van der Waals surface area contributed by atoms with E-state index in [9.17, 15) is 30.3 Å². The van der Waals surface area contributed by atoms with Gasteiger partial charge in [-0.25, -0.2) is 0 Å². The predicted octanol–water partition coefficient (Wildman–Crippen LogP) is 19.0. The van der Waals surface area contributed by atoms with Gasteiger partial charge >= 0.3 is 0 Å². The maximum atomic E-state index is 13.1. The molecule has 0 spiro atoms. The summed E-state index contributed by atoms with van der Waals surface area (Å²) in [4.78, 5) is 13.1. The van der Waals surface area contributed by atoms with Gasteiger partial charge in [-0.3, -0.25) is 4.79 Å². The Bertz CT molecular complexity index is 1360. The number of nitrogens with one attached hydrogen (secondary N) is 1. The minimum Gasteiger partial charge on any atom is -0.394 e. The molecule has 0 aliphatic carbocycles. The van der Waals surface area contributed by atoms with Crippen LogP contribution in [0.4, 0.5) is 0 Å². The van der Waals surface area contributed by atoms with Crippen molar-refractivity contribution < 1.29 is 39.8 Å². The summed E-state index contributed by atoms with van der Waals surface area (Å²) >= 11 is 0. The van der Waals surface area contributed by atoms with E-state index in [0.29, 0.717) is 6.42 Å². The van der Waals surface area contributed by atoms with Crippen LogP contribution in [0.3, 0.4) is 0 Å². The minimum absolute atomic E-state index is 0.184. The summed E-state index contributed by atoms with van der Waals surface area (Å²) in [7, 11) is 0. The van der Waals surface area contributed by atoms with Crippen LogP contribution in [0.25, 0.3) is 0 Å². The first-order valence-corrected chi connectivity index (χ1v) is 35.2. The van der Waals surface area contributed by atoms with E-state index in [1.165, 1.54) is 289 Å². The Balaban J connectivity index is 2.08. The Labute approximate surface area is 495 Å². The van der Waals surface area contributed by atoms with Crippen molar-refractivity contribution in [3.63, 3.8) is 0 Å². The third-order valence-corrected chi connectivity index (χ3v) is 16.9. The molecule has 1 amide bonds. The molecule has 7 atom stereocenters. The van der Waals surface area contributed by atoms with Gasteiger partial charge in [-0.05, 0) is 44.9 Å². The monoisotopic (exact) mass is 1130 g/mol. The third kappa shape index (κ3) is 48.7. The highest BCUT2D eigenvalue weighted by atomic mass is 16.7. The van der Waals surface area contributed by atoms with E-state index in [-0.39, 0.29) is 12.5 Å². The molecule has 9 heteroatoms. The van der Waals surface area contributed by atoms with Gasteiger partial charge in [0, 0.05) is 6.42 Å². The molecule has 1 aliphatic rings. The number of allylic oxidation sites excluding steroid dienone is 5. The van der Waals surface area contributed by atoms with Crippen LogP contribution in [-0.2, 0) is 14.3 Å². The van der Waals surface area contributed by atoms with Crippen LogP contribution in [0.15, 0.2) is 36.5 Å². The second-order valence-electron chi connectivity index (χ2n) is 24.7. The predicted molar refractivity (Wildman–Crippen MR) is 341 cm³/mol. The smallest absolute Gasteiger partial charge is 0.220 e. The molecule has 80 heavy (non-hydrogen) atoms. The maximum absolute atomic E-state index is 13.1. The van der Waals surface area contributed by atoms with Gasteiger partial charge in [-0.2, -0.15) is 0 Å². The molecule has 6 N–H and O–H groups in total. The Morgan fingerprint density at radius 2 is 0.713 bits per heavy atom. The Morgan fingerprint density at radius 1 is 0.412 bits per heavy atom. The number of unbranched alkanes of at least 4 members (excludes halogenated alkanes) is 48. The zero-order valence-corrected chi connectivity index (χ0v) is 52.9. The van der Waals surface area contributed by atoms with Crippen LogP contribution >= 0.6 is 0 Å². The molecule has 1 heterocycles. The van der Waals surface area contributed by atoms with Crippen LogP contribution < -0.4 is 5.32 Å². The van der Waals surface area contributed by atoms with Crippen LogP contribution in [-0.4, -0.2) is 87.5 Å². The lowest BCUT2D eigenvalue weighted by atomic mass is 9.99. The van der Waals surface area contributed by atoms with Gasteiger partial charge in [0.1, 0.15) is 24.4 Å².